The molecule has 0 unspecified atom stereocenters. The number of hydrogen-bond acceptors (Lipinski definition) is 3. The minimum atomic E-state index is -0.324. The lowest BCUT2D eigenvalue weighted by atomic mass is 9.99. The lowest BCUT2D eigenvalue weighted by molar-refractivity contribution is 0.0602. The van der Waals surface area contributed by atoms with E-state index >= 15 is 0 Å². The Labute approximate surface area is 126 Å². The van der Waals surface area contributed by atoms with Gasteiger partial charge in [-0.15, -0.1) is 0 Å². The van der Waals surface area contributed by atoms with Gasteiger partial charge in [0.2, 0.25) is 0 Å². The lowest BCUT2D eigenvalue weighted by Crippen LogP contribution is -2.09. The Morgan fingerprint density at radius 3 is 2.33 bits per heavy atom. The summed E-state index contributed by atoms with van der Waals surface area (Å²) in [6.45, 7) is 7.02. The second kappa shape index (κ2) is 6.44. The lowest BCUT2D eigenvalue weighted by Gasteiger charge is -2.15. The fraction of sp³-hybridized carbons (Fsp3) is 0.278. The van der Waals surface area contributed by atoms with E-state index in [1.807, 2.05) is 18.2 Å². The van der Waals surface area contributed by atoms with E-state index in [2.05, 4.69) is 38.2 Å². The second-order valence-electron chi connectivity index (χ2n) is 5.27. The number of benzene rings is 2. The number of anilines is 1. The summed E-state index contributed by atoms with van der Waals surface area (Å²) < 4.78 is 4.81. The fourth-order valence-corrected chi connectivity index (χ4v) is 2.60. The van der Waals surface area contributed by atoms with Gasteiger partial charge in [0.25, 0.3) is 0 Å². The minimum absolute atomic E-state index is 0.324. The maximum atomic E-state index is 11.8. The molecule has 21 heavy (non-hydrogen) atoms. The molecule has 0 heterocycles. The molecule has 0 spiro atoms. The average Bonchev–Trinajstić information content (AvgIpc) is 2.45. The van der Waals surface area contributed by atoms with Crippen molar-refractivity contribution in [2.75, 3.05) is 12.4 Å². The Morgan fingerprint density at radius 1 is 1.10 bits per heavy atom. The third kappa shape index (κ3) is 3.43. The molecular formula is C18H21NO2. The van der Waals surface area contributed by atoms with Crippen LogP contribution >= 0.6 is 0 Å². The summed E-state index contributed by atoms with van der Waals surface area (Å²) in [6, 6.07) is 11.8. The van der Waals surface area contributed by atoms with E-state index in [9.17, 15) is 4.79 Å². The van der Waals surface area contributed by atoms with Crippen LogP contribution in [0.5, 0.6) is 0 Å². The quantitative estimate of drug-likeness (QED) is 0.862. The topological polar surface area (TPSA) is 38.3 Å². The van der Waals surface area contributed by atoms with Crippen molar-refractivity contribution in [2.45, 2.75) is 27.3 Å². The van der Waals surface area contributed by atoms with Crippen LogP contribution in [0.2, 0.25) is 0 Å². The average molecular weight is 283 g/mol. The number of nitrogens with one attached hydrogen (secondary N) is 1. The molecule has 0 radical (unpaired) electrons. The van der Waals surface area contributed by atoms with Crippen LogP contribution in [0.25, 0.3) is 0 Å². The van der Waals surface area contributed by atoms with Crippen molar-refractivity contribution in [1.29, 1.82) is 0 Å². The Bertz CT molecular complexity index is 639. The molecule has 0 aliphatic carbocycles. The third-order valence-corrected chi connectivity index (χ3v) is 3.63. The van der Waals surface area contributed by atoms with Gasteiger partial charge < -0.3 is 10.1 Å². The maximum Gasteiger partial charge on any atom is 0.339 e. The van der Waals surface area contributed by atoms with Crippen LogP contribution in [0.3, 0.4) is 0 Å². The van der Waals surface area contributed by atoms with Gasteiger partial charge >= 0.3 is 5.97 Å². The van der Waals surface area contributed by atoms with E-state index in [4.69, 9.17) is 4.74 Å². The summed E-state index contributed by atoms with van der Waals surface area (Å²) in [5.41, 5.74) is 6.40. The molecule has 0 atom stereocenters. The second-order valence-corrected chi connectivity index (χ2v) is 5.27. The highest BCUT2D eigenvalue weighted by Gasteiger charge is 2.11. The zero-order valence-corrected chi connectivity index (χ0v) is 13.0. The molecule has 2 aromatic carbocycles. The number of para-hydroxylation sites is 1. The van der Waals surface area contributed by atoms with E-state index in [1.54, 1.807) is 6.07 Å². The molecular weight excluding hydrogens is 262 g/mol. The van der Waals surface area contributed by atoms with Crippen LogP contribution < -0.4 is 5.32 Å². The van der Waals surface area contributed by atoms with Crippen molar-refractivity contribution in [3.63, 3.8) is 0 Å². The predicted octanol–water partition coefficient (Wildman–Crippen LogP) is 4.01. The van der Waals surface area contributed by atoms with Gasteiger partial charge in [-0.2, -0.15) is 0 Å². The van der Waals surface area contributed by atoms with Crippen LogP contribution in [-0.4, -0.2) is 13.1 Å². The Kier molecular flexibility index (Phi) is 4.63. The highest BCUT2D eigenvalue weighted by atomic mass is 16.5. The summed E-state index contributed by atoms with van der Waals surface area (Å²) in [4.78, 5) is 11.8. The number of rotatable bonds is 4. The first kappa shape index (κ1) is 15.1. The van der Waals surface area contributed by atoms with E-state index in [0.29, 0.717) is 12.1 Å². The fourth-order valence-electron chi connectivity index (χ4n) is 2.60. The highest BCUT2D eigenvalue weighted by molar-refractivity contribution is 5.95. The van der Waals surface area contributed by atoms with Crippen LogP contribution in [0, 0.1) is 20.8 Å². The summed E-state index contributed by atoms with van der Waals surface area (Å²) in [6.07, 6.45) is 0. The molecule has 0 aliphatic heterocycles. The standard InChI is InChI=1S/C18H21NO2/c1-12-9-13(2)16(14(3)10-12)11-19-17-8-6-5-7-15(17)18(20)21-4/h5-10,19H,11H2,1-4H3. The van der Waals surface area contributed by atoms with Crippen molar-refractivity contribution < 1.29 is 9.53 Å². The molecule has 0 saturated carbocycles. The Hall–Kier alpha value is -2.29. The van der Waals surface area contributed by atoms with Crippen molar-refractivity contribution in [3.8, 4) is 0 Å². The largest absolute Gasteiger partial charge is 0.465 e. The molecule has 2 rings (SSSR count). The SMILES string of the molecule is COC(=O)c1ccccc1NCc1c(C)cc(C)cc1C. The number of esters is 1. The first-order chi connectivity index (χ1) is 10.0. The minimum Gasteiger partial charge on any atom is -0.465 e. The summed E-state index contributed by atoms with van der Waals surface area (Å²) in [5.74, 6) is -0.324. The van der Waals surface area contributed by atoms with Gasteiger partial charge in [0.1, 0.15) is 0 Å². The van der Waals surface area contributed by atoms with Crippen LogP contribution in [0.1, 0.15) is 32.6 Å². The number of aryl methyl sites for hydroxylation is 3. The summed E-state index contributed by atoms with van der Waals surface area (Å²) in [5, 5.41) is 3.35. The number of hydrogen-bond donors (Lipinski definition) is 1. The van der Waals surface area contributed by atoms with Crippen LogP contribution in [0.15, 0.2) is 36.4 Å². The van der Waals surface area contributed by atoms with Gasteiger partial charge in [0, 0.05) is 12.2 Å². The van der Waals surface area contributed by atoms with Crippen LogP contribution in [0.4, 0.5) is 5.69 Å². The summed E-state index contributed by atoms with van der Waals surface area (Å²) in [7, 11) is 1.40. The molecule has 1 N–H and O–H groups in total. The third-order valence-electron chi connectivity index (χ3n) is 3.63. The predicted molar refractivity (Wildman–Crippen MR) is 85.8 cm³/mol. The van der Waals surface area contributed by atoms with Crippen LogP contribution in [-0.2, 0) is 11.3 Å². The normalized spacial score (nSPS) is 10.3. The van der Waals surface area contributed by atoms with Gasteiger partial charge in [-0.3, -0.25) is 0 Å². The zero-order valence-electron chi connectivity index (χ0n) is 13.0. The molecule has 0 aromatic heterocycles. The molecule has 3 nitrogen and oxygen atoms in total. The molecule has 2 aromatic rings. The maximum absolute atomic E-state index is 11.8. The molecule has 0 aliphatic rings. The number of methoxy groups -OCH3 is 1. The van der Waals surface area contributed by atoms with E-state index in [-0.39, 0.29) is 5.97 Å². The van der Waals surface area contributed by atoms with Gasteiger partial charge in [-0.1, -0.05) is 29.8 Å². The van der Waals surface area contributed by atoms with Gasteiger partial charge in [0.05, 0.1) is 12.7 Å². The van der Waals surface area contributed by atoms with E-state index in [1.165, 1.54) is 29.4 Å². The van der Waals surface area contributed by atoms with E-state index < -0.39 is 0 Å². The van der Waals surface area contributed by atoms with Gasteiger partial charge in [-0.25, -0.2) is 4.79 Å². The van der Waals surface area contributed by atoms with Gasteiger partial charge in [-0.05, 0) is 49.6 Å². The smallest absolute Gasteiger partial charge is 0.339 e. The monoisotopic (exact) mass is 283 g/mol. The number of ether oxygens (including phenoxy) is 1. The zero-order chi connectivity index (χ0) is 15.4. The van der Waals surface area contributed by atoms with Crippen molar-refractivity contribution in [2.24, 2.45) is 0 Å². The first-order valence-electron chi connectivity index (χ1n) is 7.01. The molecule has 0 saturated heterocycles. The molecule has 0 bridgehead atoms. The first-order valence-corrected chi connectivity index (χ1v) is 7.01. The molecule has 110 valence electrons. The van der Waals surface area contributed by atoms with Crippen molar-refractivity contribution in [1.82, 2.24) is 0 Å². The molecule has 0 fully saturated rings. The highest BCUT2D eigenvalue weighted by Crippen LogP contribution is 2.20. The molecule has 3 heteroatoms. The Morgan fingerprint density at radius 2 is 1.71 bits per heavy atom. The number of carbonyl (C=O) groups excluding carboxylic acids is 1. The van der Waals surface area contributed by atoms with Crippen molar-refractivity contribution in [3.05, 3.63) is 64.2 Å². The molecule has 0 amide bonds. The van der Waals surface area contributed by atoms with Gasteiger partial charge in [0.15, 0.2) is 0 Å². The Balaban J connectivity index is 2.23. The van der Waals surface area contributed by atoms with Crippen molar-refractivity contribution >= 4 is 11.7 Å². The number of carbonyl (C=O) groups is 1. The van der Waals surface area contributed by atoms with E-state index in [0.717, 1.165) is 5.69 Å². The summed E-state index contributed by atoms with van der Waals surface area (Å²) >= 11 is 0.